The van der Waals surface area contributed by atoms with Crippen LogP contribution in [-0.4, -0.2) is 29.6 Å². The molecule has 2 aliphatic rings. The lowest BCUT2D eigenvalue weighted by Crippen LogP contribution is -2.25. The van der Waals surface area contributed by atoms with Crippen LogP contribution < -0.4 is 15.4 Å². The van der Waals surface area contributed by atoms with E-state index in [-0.39, 0.29) is 24.5 Å². The monoisotopic (exact) mass is 380 g/mol. The topological polar surface area (TPSA) is 87.7 Å². The normalized spacial score (nSPS) is 18.1. The molecule has 28 heavy (non-hydrogen) atoms. The highest BCUT2D eigenvalue weighted by atomic mass is 16.5. The zero-order valence-electron chi connectivity index (χ0n) is 15.6. The number of nitrogens with one attached hydrogen (secondary N) is 2. The SMILES string of the molecule is O=C(COc1cccc2c1CCCC2O)Nc1cccc(C(=O)NC2CC2)c1. The number of aliphatic hydroxyl groups is 1. The molecular formula is C22H24N2O4. The fraction of sp³-hybridized carbons (Fsp3) is 0.364. The van der Waals surface area contributed by atoms with Crippen molar-refractivity contribution in [1.82, 2.24) is 5.32 Å². The summed E-state index contributed by atoms with van der Waals surface area (Å²) < 4.78 is 5.72. The molecule has 2 amide bonds. The summed E-state index contributed by atoms with van der Waals surface area (Å²) in [6.07, 6.45) is 4.07. The van der Waals surface area contributed by atoms with E-state index < -0.39 is 6.10 Å². The van der Waals surface area contributed by atoms with Crippen LogP contribution in [-0.2, 0) is 11.2 Å². The molecule has 0 bridgehead atoms. The number of aliphatic hydroxyl groups excluding tert-OH is 1. The van der Waals surface area contributed by atoms with Gasteiger partial charge in [0.05, 0.1) is 6.10 Å². The van der Waals surface area contributed by atoms with Gasteiger partial charge in [-0.05, 0) is 67.5 Å². The molecular weight excluding hydrogens is 356 g/mol. The number of hydrogen-bond acceptors (Lipinski definition) is 4. The van der Waals surface area contributed by atoms with Gasteiger partial charge in [-0.15, -0.1) is 0 Å². The van der Waals surface area contributed by atoms with E-state index in [9.17, 15) is 14.7 Å². The molecule has 0 aliphatic heterocycles. The zero-order valence-corrected chi connectivity index (χ0v) is 15.6. The maximum atomic E-state index is 12.3. The number of rotatable bonds is 6. The van der Waals surface area contributed by atoms with Crippen LogP contribution in [0.4, 0.5) is 5.69 Å². The van der Waals surface area contributed by atoms with E-state index >= 15 is 0 Å². The van der Waals surface area contributed by atoms with Crippen molar-refractivity contribution < 1.29 is 19.4 Å². The van der Waals surface area contributed by atoms with Gasteiger partial charge in [-0.3, -0.25) is 9.59 Å². The largest absolute Gasteiger partial charge is 0.483 e. The summed E-state index contributed by atoms with van der Waals surface area (Å²) in [5.74, 6) is 0.224. The number of fused-ring (bicyclic) bond motifs is 1. The van der Waals surface area contributed by atoms with Crippen LogP contribution in [0.1, 0.15) is 53.3 Å². The highest BCUT2D eigenvalue weighted by Crippen LogP contribution is 2.35. The summed E-state index contributed by atoms with van der Waals surface area (Å²) in [6.45, 7) is -0.134. The van der Waals surface area contributed by atoms with Crippen molar-refractivity contribution in [2.24, 2.45) is 0 Å². The van der Waals surface area contributed by atoms with Crippen LogP contribution in [0.3, 0.4) is 0 Å². The predicted molar refractivity (Wildman–Crippen MR) is 105 cm³/mol. The summed E-state index contributed by atoms with van der Waals surface area (Å²) in [7, 11) is 0. The number of carbonyl (C=O) groups excluding carboxylic acids is 2. The average Bonchev–Trinajstić information content (AvgIpc) is 3.51. The second-order valence-corrected chi connectivity index (χ2v) is 7.40. The second kappa shape index (κ2) is 8.02. The van der Waals surface area contributed by atoms with Crippen LogP contribution in [0.5, 0.6) is 5.75 Å². The van der Waals surface area contributed by atoms with Gasteiger partial charge < -0.3 is 20.5 Å². The van der Waals surface area contributed by atoms with Gasteiger partial charge in [0.15, 0.2) is 6.61 Å². The van der Waals surface area contributed by atoms with Crippen LogP contribution in [0.15, 0.2) is 42.5 Å². The van der Waals surface area contributed by atoms with E-state index in [1.54, 1.807) is 24.3 Å². The summed E-state index contributed by atoms with van der Waals surface area (Å²) in [5, 5.41) is 15.8. The lowest BCUT2D eigenvalue weighted by Gasteiger charge is -2.23. The first-order valence-corrected chi connectivity index (χ1v) is 9.73. The molecule has 1 unspecified atom stereocenters. The van der Waals surface area contributed by atoms with Crippen molar-refractivity contribution in [3.05, 3.63) is 59.2 Å². The number of anilines is 1. The highest BCUT2D eigenvalue weighted by Gasteiger charge is 2.24. The van der Waals surface area contributed by atoms with Gasteiger partial charge in [0, 0.05) is 17.3 Å². The molecule has 0 aromatic heterocycles. The van der Waals surface area contributed by atoms with E-state index in [1.807, 2.05) is 18.2 Å². The number of carbonyl (C=O) groups is 2. The van der Waals surface area contributed by atoms with Crippen LogP contribution in [0.25, 0.3) is 0 Å². The third-order valence-electron chi connectivity index (χ3n) is 5.11. The maximum Gasteiger partial charge on any atom is 0.262 e. The molecule has 0 radical (unpaired) electrons. The Morgan fingerprint density at radius 2 is 1.93 bits per heavy atom. The Balaban J connectivity index is 1.36. The zero-order chi connectivity index (χ0) is 19.5. The summed E-state index contributed by atoms with van der Waals surface area (Å²) in [4.78, 5) is 24.4. The molecule has 0 spiro atoms. The van der Waals surface area contributed by atoms with E-state index in [0.717, 1.165) is 43.2 Å². The molecule has 0 heterocycles. The lowest BCUT2D eigenvalue weighted by molar-refractivity contribution is -0.118. The van der Waals surface area contributed by atoms with Crippen molar-refractivity contribution in [1.29, 1.82) is 0 Å². The minimum absolute atomic E-state index is 0.121. The fourth-order valence-electron chi connectivity index (χ4n) is 3.50. The third-order valence-corrected chi connectivity index (χ3v) is 5.11. The second-order valence-electron chi connectivity index (χ2n) is 7.40. The molecule has 1 fully saturated rings. The third kappa shape index (κ3) is 4.34. The minimum atomic E-state index is -0.467. The molecule has 2 aliphatic carbocycles. The Kier molecular flexibility index (Phi) is 5.30. The van der Waals surface area contributed by atoms with Crippen LogP contribution in [0.2, 0.25) is 0 Å². The van der Waals surface area contributed by atoms with Gasteiger partial charge in [0.2, 0.25) is 0 Å². The van der Waals surface area contributed by atoms with E-state index in [1.165, 1.54) is 0 Å². The van der Waals surface area contributed by atoms with Crippen molar-refractivity contribution in [2.75, 3.05) is 11.9 Å². The number of benzene rings is 2. The van der Waals surface area contributed by atoms with E-state index in [4.69, 9.17) is 4.74 Å². The first kappa shape index (κ1) is 18.5. The highest BCUT2D eigenvalue weighted by molar-refractivity contribution is 5.97. The number of ether oxygens (including phenoxy) is 1. The predicted octanol–water partition coefficient (Wildman–Crippen LogP) is 2.97. The number of hydrogen-bond donors (Lipinski definition) is 3. The first-order chi connectivity index (χ1) is 13.6. The standard InChI is InChI=1S/C22H24N2O4/c25-19-8-2-7-18-17(19)6-3-9-20(18)28-13-21(26)23-16-5-1-4-14(12-16)22(27)24-15-10-11-15/h1,3-6,9,12,15,19,25H,2,7-8,10-11,13H2,(H,23,26)(H,24,27). The molecule has 1 saturated carbocycles. The molecule has 146 valence electrons. The Hall–Kier alpha value is -2.86. The van der Waals surface area contributed by atoms with E-state index in [2.05, 4.69) is 10.6 Å². The molecule has 6 heteroatoms. The molecule has 3 N–H and O–H groups in total. The summed E-state index contributed by atoms with van der Waals surface area (Å²) >= 11 is 0. The first-order valence-electron chi connectivity index (χ1n) is 9.73. The van der Waals surface area contributed by atoms with Crippen molar-refractivity contribution in [3.63, 3.8) is 0 Å². The van der Waals surface area contributed by atoms with Crippen molar-refractivity contribution in [2.45, 2.75) is 44.2 Å². The van der Waals surface area contributed by atoms with Crippen LogP contribution in [0, 0.1) is 0 Å². The maximum absolute atomic E-state index is 12.3. The molecule has 1 atom stereocenters. The fourth-order valence-corrected chi connectivity index (χ4v) is 3.50. The molecule has 2 aromatic rings. The Morgan fingerprint density at radius 1 is 1.11 bits per heavy atom. The molecule has 0 saturated heterocycles. The van der Waals surface area contributed by atoms with Gasteiger partial charge >= 0.3 is 0 Å². The quantitative estimate of drug-likeness (QED) is 0.719. The van der Waals surface area contributed by atoms with Crippen LogP contribution >= 0.6 is 0 Å². The summed E-state index contributed by atoms with van der Waals surface area (Å²) in [5.41, 5.74) is 2.95. The molecule has 2 aromatic carbocycles. The minimum Gasteiger partial charge on any atom is -0.483 e. The smallest absolute Gasteiger partial charge is 0.262 e. The van der Waals surface area contributed by atoms with Crippen molar-refractivity contribution >= 4 is 17.5 Å². The lowest BCUT2D eigenvalue weighted by atomic mass is 9.89. The molecule has 4 rings (SSSR count). The van der Waals surface area contributed by atoms with Gasteiger partial charge in [-0.2, -0.15) is 0 Å². The van der Waals surface area contributed by atoms with E-state index in [0.29, 0.717) is 17.0 Å². The van der Waals surface area contributed by atoms with Gasteiger partial charge in [0.1, 0.15) is 5.75 Å². The number of amides is 2. The van der Waals surface area contributed by atoms with Crippen molar-refractivity contribution in [3.8, 4) is 5.75 Å². The van der Waals surface area contributed by atoms with Gasteiger partial charge in [0.25, 0.3) is 11.8 Å². The van der Waals surface area contributed by atoms with Gasteiger partial charge in [-0.1, -0.05) is 18.2 Å². The Bertz CT molecular complexity index is 892. The summed E-state index contributed by atoms with van der Waals surface area (Å²) in [6, 6.07) is 12.7. The Morgan fingerprint density at radius 3 is 2.75 bits per heavy atom. The Labute approximate surface area is 163 Å². The average molecular weight is 380 g/mol. The molecule has 6 nitrogen and oxygen atoms in total. The van der Waals surface area contributed by atoms with Gasteiger partial charge in [-0.25, -0.2) is 0 Å².